The lowest BCUT2D eigenvalue weighted by Crippen LogP contribution is -2.28. The minimum atomic E-state index is -1.17. The minimum Gasteiger partial charge on any atom is -0.481 e. The lowest BCUT2D eigenvalue weighted by Gasteiger charge is -2.06. The van der Waals surface area contributed by atoms with Crippen molar-refractivity contribution in [2.45, 2.75) is 18.9 Å². The molecule has 1 rings (SSSR count). The van der Waals surface area contributed by atoms with Gasteiger partial charge in [0.2, 0.25) is 5.91 Å². The third-order valence-electron chi connectivity index (χ3n) is 2.30. The Morgan fingerprint density at radius 2 is 2.13 bits per heavy atom. The fraction of sp³-hybridized carbons (Fsp3) is 0.667. The fourth-order valence-corrected chi connectivity index (χ4v) is 1.50. The number of ketones is 1. The zero-order chi connectivity index (χ0) is 11.4. The van der Waals surface area contributed by atoms with Gasteiger partial charge in [-0.2, -0.15) is 0 Å². The van der Waals surface area contributed by atoms with Gasteiger partial charge in [-0.15, -0.1) is 0 Å². The predicted molar refractivity (Wildman–Crippen MR) is 49.2 cm³/mol. The number of carboxylic acids is 1. The van der Waals surface area contributed by atoms with Crippen LogP contribution in [0.1, 0.15) is 12.8 Å². The van der Waals surface area contributed by atoms with Crippen LogP contribution in [0.2, 0.25) is 0 Å². The van der Waals surface area contributed by atoms with Gasteiger partial charge in [0, 0.05) is 7.05 Å². The Balaban J connectivity index is 2.45. The second-order valence-electron chi connectivity index (χ2n) is 3.41. The van der Waals surface area contributed by atoms with E-state index in [0.29, 0.717) is 0 Å². The molecule has 0 aromatic rings. The van der Waals surface area contributed by atoms with E-state index in [0.717, 1.165) is 0 Å². The van der Waals surface area contributed by atoms with Crippen LogP contribution >= 0.6 is 0 Å². The molecule has 1 heterocycles. The summed E-state index contributed by atoms with van der Waals surface area (Å²) < 4.78 is 5.08. The molecule has 0 aromatic heterocycles. The Labute approximate surface area is 86.6 Å². The minimum absolute atomic E-state index is 0.176. The molecule has 0 radical (unpaired) electrons. The molecule has 2 atom stereocenters. The van der Waals surface area contributed by atoms with Crippen molar-refractivity contribution in [3.8, 4) is 0 Å². The van der Waals surface area contributed by atoms with Crippen molar-refractivity contribution in [2.75, 3.05) is 13.7 Å². The molecule has 1 saturated heterocycles. The molecule has 0 aliphatic carbocycles. The summed E-state index contributed by atoms with van der Waals surface area (Å²) in [4.78, 5) is 32.7. The molecule has 6 nitrogen and oxygen atoms in total. The summed E-state index contributed by atoms with van der Waals surface area (Å²) in [6.07, 6.45) is -1.03. The summed E-state index contributed by atoms with van der Waals surface area (Å²) in [5.74, 6) is -2.18. The summed E-state index contributed by atoms with van der Waals surface area (Å²) in [5, 5.41) is 10.9. The van der Waals surface area contributed by atoms with E-state index in [4.69, 9.17) is 9.84 Å². The molecule has 1 aliphatic rings. The van der Waals surface area contributed by atoms with Crippen LogP contribution in [0.15, 0.2) is 0 Å². The zero-order valence-corrected chi connectivity index (χ0v) is 8.36. The van der Waals surface area contributed by atoms with Crippen molar-refractivity contribution in [2.24, 2.45) is 5.92 Å². The monoisotopic (exact) mass is 215 g/mol. The molecule has 1 aliphatic heterocycles. The topological polar surface area (TPSA) is 92.7 Å². The van der Waals surface area contributed by atoms with Crippen molar-refractivity contribution < 1.29 is 24.2 Å². The molecule has 84 valence electrons. The number of Topliss-reactive ketones (excluding diaryl/α,β-unsaturated/α-hetero) is 1. The Morgan fingerprint density at radius 1 is 1.47 bits per heavy atom. The van der Waals surface area contributed by atoms with Gasteiger partial charge >= 0.3 is 5.97 Å². The van der Waals surface area contributed by atoms with E-state index in [9.17, 15) is 14.4 Å². The van der Waals surface area contributed by atoms with Crippen molar-refractivity contribution in [3.05, 3.63) is 0 Å². The number of hydrogen-bond acceptors (Lipinski definition) is 4. The Hall–Kier alpha value is -1.43. The van der Waals surface area contributed by atoms with E-state index in [-0.39, 0.29) is 24.9 Å². The second kappa shape index (κ2) is 4.88. The van der Waals surface area contributed by atoms with Gasteiger partial charge in [0.25, 0.3) is 0 Å². The number of amides is 1. The van der Waals surface area contributed by atoms with Crippen LogP contribution in [0.5, 0.6) is 0 Å². The van der Waals surface area contributed by atoms with Gasteiger partial charge in [0.05, 0.1) is 12.5 Å². The number of rotatable bonds is 4. The van der Waals surface area contributed by atoms with Crippen LogP contribution in [-0.4, -0.2) is 42.5 Å². The normalized spacial score (nSPS) is 24.9. The van der Waals surface area contributed by atoms with Gasteiger partial charge in [-0.1, -0.05) is 0 Å². The van der Waals surface area contributed by atoms with Crippen LogP contribution < -0.4 is 5.32 Å². The molecule has 6 heteroatoms. The quantitative estimate of drug-likeness (QED) is 0.598. The SMILES string of the molecule is CNC(=O)C1COC(C(=O)CC(=O)O)C1. The highest BCUT2D eigenvalue weighted by molar-refractivity contribution is 5.97. The molecule has 15 heavy (non-hydrogen) atoms. The van der Waals surface area contributed by atoms with Crippen molar-refractivity contribution in [3.63, 3.8) is 0 Å². The highest BCUT2D eigenvalue weighted by atomic mass is 16.5. The van der Waals surface area contributed by atoms with Crippen LogP contribution in [0.25, 0.3) is 0 Å². The lowest BCUT2D eigenvalue weighted by molar-refractivity contribution is -0.142. The van der Waals surface area contributed by atoms with Gasteiger partial charge in [-0.25, -0.2) is 0 Å². The zero-order valence-electron chi connectivity index (χ0n) is 8.36. The van der Waals surface area contributed by atoms with Gasteiger partial charge in [-0.3, -0.25) is 14.4 Å². The van der Waals surface area contributed by atoms with E-state index in [1.807, 2.05) is 0 Å². The molecule has 2 N–H and O–H groups in total. The molecule has 0 bridgehead atoms. The number of carbonyl (C=O) groups excluding carboxylic acids is 2. The third-order valence-corrected chi connectivity index (χ3v) is 2.30. The van der Waals surface area contributed by atoms with Crippen LogP contribution in [0.4, 0.5) is 0 Å². The number of ether oxygens (including phenoxy) is 1. The lowest BCUT2D eigenvalue weighted by atomic mass is 10.0. The van der Waals surface area contributed by atoms with Gasteiger partial charge in [0.1, 0.15) is 12.5 Å². The molecule has 2 unspecified atom stereocenters. The van der Waals surface area contributed by atoms with Crippen molar-refractivity contribution in [1.29, 1.82) is 0 Å². The van der Waals surface area contributed by atoms with Crippen LogP contribution in [0, 0.1) is 5.92 Å². The third kappa shape index (κ3) is 3.02. The Kier molecular flexibility index (Phi) is 3.79. The number of carboxylic acid groups (broad SMARTS) is 1. The van der Waals surface area contributed by atoms with Crippen LogP contribution in [-0.2, 0) is 19.1 Å². The predicted octanol–water partition coefficient (Wildman–Crippen LogP) is -0.819. The maximum atomic E-state index is 11.3. The van der Waals surface area contributed by atoms with E-state index in [2.05, 4.69) is 5.32 Å². The summed E-state index contributed by atoms with van der Waals surface area (Å²) in [7, 11) is 1.51. The summed E-state index contributed by atoms with van der Waals surface area (Å²) in [5.41, 5.74) is 0. The van der Waals surface area contributed by atoms with E-state index < -0.39 is 24.3 Å². The average molecular weight is 215 g/mol. The standard InChI is InChI=1S/C9H13NO5/c1-10-9(14)5-2-7(15-4-5)6(11)3-8(12)13/h5,7H,2-4H2,1H3,(H,10,14)(H,12,13). The average Bonchev–Trinajstić information content (AvgIpc) is 2.64. The van der Waals surface area contributed by atoms with E-state index in [1.165, 1.54) is 7.05 Å². The van der Waals surface area contributed by atoms with E-state index in [1.54, 1.807) is 0 Å². The van der Waals surface area contributed by atoms with Gasteiger partial charge in [0.15, 0.2) is 5.78 Å². The molecule has 1 amide bonds. The fourth-order valence-electron chi connectivity index (χ4n) is 1.50. The number of hydrogen-bond donors (Lipinski definition) is 2. The molecular formula is C9H13NO5. The summed E-state index contributed by atoms with van der Waals surface area (Å²) in [6, 6.07) is 0. The van der Waals surface area contributed by atoms with Gasteiger partial charge < -0.3 is 15.2 Å². The first-order valence-corrected chi connectivity index (χ1v) is 4.62. The second-order valence-corrected chi connectivity index (χ2v) is 3.41. The Morgan fingerprint density at radius 3 is 2.67 bits per heavy atom. The first-order chi connectivity index (χ1) is 7.04. The van der Waals surface area contributed by atoms with Gasteiger partial charge in [-0.05, 0) is 6.42 Å². The highest BCUT2D eigenvalue weighted by Crippen LogP contribution is 2.21. The smallest absolute Gasteiger partial charge is 0.310 e. The largest absolute Gasteiger partial charge is 0.481 e. The maximum Gasteiger partial charge on any atom is 0.310 e. The van der Waals surface area contributed by atoms with Crippen LogP contribution in [0.3, 0.4) is 0 Å². The molecule has 0 spiro atoms. The highest BCUT2D eigenvalue weighted by Gasteiger charge is 2.34. The Bertz CT molecular complexity index is 288. The van der Waals surface area contributed by atoms with Crippen molar-refractivity contribution >= 4 is 17.7 Å². The first kappa shape index (κ1) is 11.6. The first-order valence-electron chi connectivity index (χ1n) is 4.62. The number of nitrogens with one attached hydrogen (secondary N) is 1. The molecule has 0 aromatic carbocycles. The molecule has 0 saturated carbocycles. The number of aliphatic carboxylic acids is 1. The number of carbonyl (C=O) groups is 3. The maximum absolute atomic E-state index is 11.3. The van der Waals surface area contributed by atoms with Crippen molar-refractivity contribution in [1.82, 2.24) is 5.32 Å². The molecule has 1 fully saturated rings. The van der Waals surface area contributed by atoms with E-state index >= 15 is 0 Å². The molecular weight excluding hydrogens is 202 g/mol. The summed E-state index contributed by atoms with van der Waals surface area (Å²) in [6.45, 7) is 0.176. The summed E-state index contributed by atoms with van der Waals surface area (Å²) >= 11 is 0.